The molecule has 0 fully saturated rings. The molecule has 21 heavy (non-hydrogen) atoms. The predicted molar refractivity (Wildman–Crippen MR) is 85.1 cm³/mol. The zero-order chi connectivity index (χ0) is 16.2. The quantitative estimate of drug-likeness (QED) is 0.748. The molecule has 0 aromatic heterocycles. The van der Waals surface area contributed by atoms with Crippen molar-refractivity contribution in [2.24, 2.45) is 5.92 Å². The van der Waals surface area contributed by atoms with Gasteiger partial charge in [-0.05, 0) is 24.1 Å². The summed E-state index contributed by atoms with van der Waals surface area (Å²) in [5.74, 6) is -0.203. The Hall–Kier alpha value is -0.630. The summed E-state index contributed by atoms with van der Waals surface area (Å²) in [5.41, 5.74) is 0.213. The van der Waals surface area contributed by atoms with Gasteiger partial charge in [0.25, 0.3) is 15.0 Å². The fourth-order valence-electron chi connectivity index (χ4n) is 1.67. The standard InChI is InChI=1S/C13H17BrClNO4S/c1-8(2)12(7-20-3)16-13(17)9-4-10(14)6-11(5-9)21(15,18)19/h4-6,8,12H,7H2,1-3H3,(H,16,17). The first-order valence-electron chi connectivity index (χ1n) is 6.20. The van der Waals surface area contributed by atoms with Gasteiger partial charge in [0.1, 0.15) is 0 Å². The summed E-state index contributed by atoms with van der Waals surface area (Å²) in [6, 6.07) is 3.95. The topological polar surface area (TPSA) is 72.5 Å². The summed E-state index contributed by atoms with van der Waals surface area (Å²) >= 11 is 3.17. The zero-order valence-electron chi connectivity index (χ0n) is 11.9. The molecule has 0 spiro atoms. The van der Waals surface area contributed by atoms with Gasteiger partial charge in [-0.15, -0.1) is 0 Å². The average Bonchev–Trinajstić information content (AvgIpc) is 2.36. The molecule has 0 aliphatic rings. The molecule has 8 heteroatoms. The van der Waals surface area contributed by atoms with Crippen LogP contribution in [0.2, 0.25) is 0 Å². The van der Waals surface area contributed by atoms with Gasteiger partial charge in [0.05, 0.1) is 17.5 Å². The number of rotatable bonds is 6. The maximum Gasteiger partial charge on any atom is 0.261 e. The number of nitrogens with one attached hydrogen (secondary N) is 1. The van der Waals surface area contributed by atoms with E-state index in [0.29, 0.717) is 11.1 Å². The lowest BCUT2D eigenvalue weighted by Gasteiger charge is -2.21. The van der Waals surface area contributed by atoms with E-state index in [1.54, 1.807) is 7.11 Å². The number of benzene rings is 1. The summed E-state index contributed by atoms with van der Waals surface area (Å²) in [7, 11) is 2.97. The number of hydrogen-bond acceptors (Lipinski definition) is 4. The molecule has 1 aromatic rings. The molecular formula is C13H17BrClNO4S. The SMILES string of the molecule is COCC(NC(=O)c1cc(Br)cc(S(=O)(=O)Cl)c1)C(C)C. The molecule has 1 amide bonds. The number of ether oxygens (including phenoxy) is 1. The van der Waals surface area contributed by atoms with Crippen molar-refractivity contribution in [3.63, 3.8) is 0 Å². The van der Waals surface area contributed by atoms with Gasteiger partial charge in [0.15, 0.2) is 0 Å². The molecule has 118 valence electrons. The van der Waals surface area contributed by atoms with Gasteiger partial charge in [-0.1, -0.05) is 29.8 Å². The second kappa shape index (κ2) is 7.58. The first kappa shape index (κ1) is 18.4. The van der Waals surface area contributed by atoms with Gasteiger partial charge in [0.2, 0.25) is 0 Å². The summed E-state index contributed by atoms with van der Waals surface area (Å²) in [6.07, 6.45) is 0. The minimum atomic E-state index is -3.90. The van der Waals surface area contributed by atoms with Crippen LogP contribution < -0.4 is 5.32 Å². The molecule has 1 rings (SSSR count). The molecule has 0 aliphatic heterocycles. The molecule has 0 aliphatic carbocycles. The molecule has 0 heterocycles. The normalized spacial score (nSPS) is 13.2. The first-order chi connectivity index (χ1) is 9.65. The molecular weight excluding hydrogens is 382 g/mol. The average molecular weight is 399 g/mol. The van der Waals surface area contributed by atoms with Crippen molar-refractivity contribution in [1.29, 1.82) is 0 Å². The number of carbonyl (C=O) groups excluding carboxylic acids is 1. The lowest BCUT2D eigenvalue weighted by Crippen LogP contribution is -2.41. The van der Waals surface area contributed by atoms with E-state index in [9.17, 15) is 13.2 Å². The van der Waals surface area contributed by atoms with Crippen LogP contribution >= 0.6 is 26.6 Å². The largest absolute Gasteiger partial charge is 0.383 e. The van der Waals surface area contributed by atoms with Crippen molar-refractivity contribution in [2.45, 2.75) is 24.8 Å². The van der Waals surface area contributed by atoms with Crippen LogP contribution in [0, 0.1) is 5.92 Å². The Bertz CT molecular complexity index is 619. The van der Waals surface area contributed by atoms with Gasteiger partial charge < -0.3 is 10.1 Å². The van der Waals surface area contributed by atoms with Gasteiger partial charge >= 0.3 is 0 Å². The van der Waals surface area contributed by atoms with Gasteiger partial charge in [-0.25, -0.2) is 8.42 Å². The Labute approximate surface area is 137 Å². The highest BCUT2D eigenvalue weighted by Gasteiger charge is 2.19. The maximum absolute atomic E-state index is 12.2. The van der Waals surface area contributed by atoms with Crippen molar-refractivity contribution < 1.29 is 17.9 Å². The number of carbonyl (C=O) groups is 1. The smallest absolute Gasteiger partial charge is 0.261 e. The van der Waals surface area contributed by atoms with Crippen LogP contribution in [0.1, 0.15) is 24.2 Å². The van der Waals surface area contributed by atoms with Crippen LogP contribution in [0.4, 0.5) is 0 Å². The summed E-state index contributed by atoms with van der Waals surface area (Å²) in [6.45, 7) is 4.29. The van der Waals surface area contributed by atoms with E-state index >= 15 is 0 Å². The van der Waals surface area contributed by atoms with Crippen molar-refractivity contribution >= 4 is 41.6 Å². The monoisotopic (exact) mass is 397 g/mol. The van der Waals surface area contributed by atoms with Crippen LogP contribution in [0.3, 0.4) is 0 Å². The molecule has 0 saturated carbocycles. The van der Waals surface area contributed by atoms with Crippen LogP contribution in [0.25, 0.3) is 0 Å². The van der Waals surface area contributed by atoms with Crippen LogP contribution in [0.15, 0.2) is 27.6 Å². The van der Waals surface area contributed by atoms with E-state index in [1.807, 2.05) is 13.8 Å². The summed E-state index contributed by atoms with van der Waals surface area (Å²) in [4.78, 5) is 12.1. The molecule has 0 radical (unpaired) electrons. The molecule has 5 nitrogen and oxygen atoms in total. The number of hydrogen-bond donors (Lipinski definition) is 1. The lowest BCUT2D eigenvalue weighted by atomic mass is 10.0. The minimum Gasteiger partial charge on any atom is -0.383 e. The molecule has 0 bridgehead atoms. The van der Waals surface area contributed by atoms with Crippen LogP contribution in [0.5, 0.6) is 0 Å². The fraction of sp³-hybridized carbons (Fsp3) is 0.462. The second-order valence-corrected chi connectivity index (χ2v) is 8.37. The molecule has 0 saturated heterocycles. The Kier molecular flexibility index (Phi) is 6.65. The van der Waals surface area contributed by atoms with E-state index < -0.39 is 9.05 Å². The zero-order valence-corrected chi connectivity index (χ0v) is 15.0. The fourth-order valence-corrected chi connectivity index (χ4v) is 3.11. The Morgan fingerprint density at radius 1 is 1.38 bits per heavy atom. The van der Waals surface area contributed by atoms with Crippen molar-refractivity contribution in [2.75, 3.05) is 13.7 Å². The van der Waals surface area contributed by atoms with E-state index in [2.05, 4.69) is 21.2 Å². The Morgan fingerprint density at radius 2 is 2.00 bits per heavy atom. The molecule has 1 N–H and O–H groups in total. The Balaban J connectivity index is 3.05. The third-order valence-corrected chi connectivity index (χ3v) is 4.67. The lowest BCUT2D eigenvalue weighted by molar-refractivity contribution is 0.0866. The highest BCUT2D eigenvalue weighted by atomic mass is 79.9. The number of halogens is 2. The van der Waals surface area contributed by atoms with E-state index in [1.165, 1.54) is 18.2 Å². The van der Waals surface area contributed by atoms with E-state index in [4.69, 9.17) is 15.4 Å². The molecule has 1 aromatic carbocycles. The van der Waals surface area contributed by atoms with Crippen molar-refractivity contribution in [1.82, 2.24) is 5.32 Å². The number of amides is 1. The third-order valence-electron chi connectivity index (χ3n) is 2.88. The Morgan fingerprint density at radius 3 is 2.48 bits per heavy atom. The van der Waals surface area contributed by atoms with E-state index in [0.717, 1.165) is 0 Å². The second-order valence-electron chi connectivity index (χ2n) is 4.89. The van der Waals surface area contributed by atoms with Gasteiger partial charge in [-0.3, -0.25) is 4.79 Å². The van der Waals surface area contributed by atoms with Gasteiger partial charge in [-0.2, -0.15) is 0 Å². The first-order valence-corrected chi connectivity index (χ1v) is 9.30. The highest BCUT2D eigenvalue weighted by Crippen LogP contribution is 2.22. The third kappa shape index (κ3) is 5.58. The van der Waals surface area contributed by atoms with Gasteiger partial charge in [0, 0.05) is 27.8 Å². The van der Waals surface area contributed by atoms with Crippen LogP contribution in [-0.4, -0.2) is 34.1 Å². The number of methoxy groups -OCH3 is 1. The minimum absolute atomic E-state index is 0.128. The molecule has 1 unspecified atom stereocenters. The summed E-state index contributed by atoms with van der Waals surface area (Å²) in [5, 5.41) is 2.82. The molecule has 1 atom stereocenters. The maximum atomic E-state index is 12.2. The highest BCUT2D eigenvalue weighted by molar-refractivity contribution is 9.10. The van der Waals surface area contributed by atoms with Crippen molar-refractivity contribution in [3.05, 3.63) is 28.2 Å². The van der Waals surface area contributed by atoms with E-state index in [-0.39, 0.29) is 28.3 Å². The predicted octanol–water partition coefficient (Wildman–Crippen LogP) is 2.78. The summed E-state index contributed by atoms with van der Waals surface area (Å²) < 4.78 is 28.3. The van der Waals surface area contributed by atoms with Crippen molar-refractivity contribution in [3.8, 4) is 0 Å². The van der Waals surface area contributed by atoms with Crippen LogP contribution in [-0.2, 0) is 13.8 Å².